The molecule has 0 fully saturated rings. The summed E-state index contributed by atoms with van der Waals surface area (Å²) in [6.07, 6.45) is 2.72. The van der Waals surface area contributed by atoms with E-state index >= 15 is 0 Å². The first kappa shape index (κ1) is 15.1. The van der Waals surface area contributed by atoms with E-state index in [9.17, 15) is 0 Å². The zero-order valence-corrected chi connectivity index (χ0v) is 12.8. The molecular weight excluding hydrogens is 270 g/mol. The minimum atomic E-state index is 0.109. The Morgan fingerprint density at radius 1 is 1.35 bits per heavy atom. The normalized spacial score (nSPS) is 12.6. The predicted molar refractivity (Wildman–Crippen MR) is 81.6 cm³/mol. The van der Waals surface area contributed by atoms with Crippen LogP contribution >= 0.6 is 11.8 Å². The third kappa shape index (κ3) is 4.35. The van der Waals surface area contributed by atoms with Crippen molar-refractivity contribution in [2.45, 2.75) is 49.8 Å². The number of nitrogens with zero attached hydrogens (tertiary/aromatic N) is 2. The van der Waals surface area contributed by atoms with Crippen molar-refractivity contribution in [3.8, 4) is 0 Å². The third-order valence-electron chi connectivity index (χ3n) is 3.06. The molecule has 5 heteroatoms. The van der Waals surface area contributed by atoms with Gasteiger partial charge in [0.15, 0.2) is 5.82 Å². The second kappa shape index (κ2) is 7.45. The van der Waals surface area contributed by atoms with Gasteiger partial charge in [0, 0.05) is 17.4 Å². The molecule has 0 amide bonds. The summed E-state index contributed by atoms with van der Waals surface area (Å²) in [6.45, 7) is 4.23. The highest BCUT2D eigenvalue weighted by molar-refractivity contribution is 7.98. The first-order valence-corrected chi connectivity index (χ1v) is 7.93. The van der Waals surface area contributed by atoms with Gasteiger partial charge in [0.2, 0.25) is 5.89 Å². The van der Waals surface area contributed by atoms with E-state index in [4.69, 9.17) is 10.3 Å². The molecule has 108 valence electrons. The maximum Gasteiger partial charge on any atom is 0.228 e. The molecule has 20 heavy (non-hydrogen) atoms. The zero-order chi connectivity index (χ0) is 14.4. The van der Waals surface area contributed by atoms with Crippen LogP contribution in [-0.2, 0) is 12.2 Å². The van der Waals surface area contributed by atoms with Crippen molar-refractivity contribution < 1.29 is 4.52 Å². The average Bonchev–Trinajstić information content (AvgIpc) is 2.85. The van der Waals surface area contributed by atoms with Crippen molar-refractivity contribution in [2.75, 3.05) is 0 Å². The van der Waals surface area contributed by atoms with Gasteiger partial charge >= 0.3 is 0 Å². The number of hydrogen-bond donors (Lipinski definition) is 1. The molecule has 0 aliphatic carbocycles. The molecular formula is C15H21N3OS. The van der Waals surface area contributed by atoms with Crippen molar-refractivity contribution in [3.63, 3.8) is 0 Å². The number of rotatable bonds is 7. The van der Waals surface area contributed by atoms with Crippen LogP contribution in [0.1, 0.15) is 37.0 Å². The maximum absolute atomic E-state index is 5.98. The SMILES string of the molecule is CCCC(N)Cc1nc(CSc2ccccc2C)no1. The second-order valence-electron chi connectivity index (χ2n) is 4.91. The average molecular weight is 291 g/mol. The van der Waals surface area contributed by atoms with Gasteiger partial charge in [-0.2, -0.15) is 4.98 Å². The van der Waals surface area contributed by atoms with Crippen molar-refractivity contribution >= 4 is 11.8 Å². The lowest BCUT2D eigenvalue weighted by molar-refractivity contribution is 0.362. The molecule has 0 bridgehead atoms. The summed E-state index contributed by atoms with van der Waals surface area (Å²) in [7, 11) is 0. The van der Waals surface area contributed by atoms with Crippen molar-refractivity contribution in [1.29, 1.82) is 0 Å². The smallest absolute Gasteiger partial charge is 0.228 e. The summed E-state index contributed by atoms with van der Waals surface area (Å²) in [6, 6.07) is 8.41. The van der Waals surface area contributed by atoms with Crippen LogP contribution in [0.2, 0.25) is 0 Å². The summed E-state index contributed by atoms with van der Waals surface area (Å²) in [5.74, 6) is 2.10. The fourth-order valence-corrected chi connectivity index (χ4v) is 2.86. The highest BCUT2D eigenvalue weighted by Crippen LogP contribution is 2.24. The summed E-state index contributed by atoms with van der Waals surface area (Å²) in [4.78, 5) is 5.65. The van der Waals surface area contributed by atoms with E-state index in [1.54, 1.807) is 11.8 Å². The number of nitrogens with two attached hydrogens (primary N) is 1. The summed E-state index contributed by atoms with van der Waals surface area (Å²) < 4.78 is 5.25. The molecule has 0 saturated carbocycles. The van der Waals surface area contributed by atoms with Gasteiger partial charge in [0.25, 0.3) is 0 Å². The van der Waals surface area contributed by atoms with E-state index in [0.29, 0.717) is 12.3 Å². The lowest BCUT2D eigenvalue weighted by Crippen LogP contribution is -2.22. The Labute approximate surface area is 124 Å². The lowest BCUT2D eigenvalue weighted by Gasteiger charge is -2.05. The van der Waals surface area contributed by atoms with Crippen LogP contribution < -0.4 is 5.73 Å². The van der Waals surface area contributed by atoms with Crippen LogP contribution in [0.3, 0.4) is 0 Å². The summed E-state index contributed by atoms with van der Waals surface area (Å²) in [5.41, 5.74) is 7.25. The molecule has 0 saturated heterocycles. The van der Waals surface area contributed by atoms with Gasteiger partial charge in [0.05, 0.1) is 5.75 Å². The quantitative estimate of drug-likeness (QED) is 0.793. The predicted octanol–water partition coefficient (Wildman–Crippen LogP) is 3.34. The second-order valence-corrected chi connectivity index (χ2v) is 5.93. The molecule has 1 aromatic heterocycles. The largest absolute Gasteiger partial charge is 0.339 e. The Balaban J connectivity index is 1.88. The molecule has 0 spiro atoms. The molecule has 0 radical (unpaired) electrons. The minimum absolute atomic E-state index is 0.109. The van der Waals surface area contributed by atoms with Crippen LogP contribution in [-0.4, -0.2) is 16.2 Å². The highest BCUT2D eigenvalue weighted by Gasteiger charge is 2.11. The van der Waals surface area contributed by atoms with Crippen LogP contribution in [0, 0.1) is 6.92 Å². The third-order valence-corrected chi connectivity index (χ3v) is 4.23. The van der Waals surface area contributed by atoms with Crippen molar-refractivity contribution in [2.24, 2.45) is 5.73 Å². The Hall–Kier alpha value is -1.33. The number of aromatic nitrogens is 2. The van der Waals surface area contributed by atoms with Crippen molar-refractivity contribution in [1.82, 2.24) is 10.1 Å². The number of hydrogen-bond acceptors (Lipinski definition) is 5. The molecule has 0 aliphatic heterocycles. The molecule has 2 N–H and O–H groups in total. The summed E-state index contributed by atoms with van der Waals surface area (Å²) >= 11 is 1.73. The molecule has 1 unspecified atom stereocenters. The Morgan fingerprint density at radius 2 is 2.15 bits per heavy atom. The summed E-state index contributed by atoms with van der Waals surface area (Å²) in [5, 5.41) is 4.01. The Bertz CT molecular complexity index is 541. The van der Waals surface area contributed by atoms with Gasteiger partial charge in [-0.1, -0.05) is 36.7 Å². The van der Waals surface area contributed by atoms with E-state index < -0.39 is 0 Å². The van der Waals surface area contributed by atoms with Crippen LogP contribution in [0.25, 0.3) is 0 Å². The number of thioether (sulfide) groups is 1. The molecule has 4 nitrogen and oxygen atoms in total. The minimum Gasteiger partial charge on any atom is -0.339 e. The van der Waals surface area contributed by atoms with E-state index in [1.165, 1.54) is 10.5 Å². The first-order chi connectivity index (χ1) is 9.69. The standard InChI is InChI=1S/C15H21N3OS/c1-3-6-12(16)9-15-17-14(18-19-15)10-20-13-8-5-4-7-11(13)2/h4-5,7-8,12H,3,6,9-10,16H2,1-2H3. The van der Waals surface area contributed by atoms with Gasteiger partial charge in [0.1, 0.15) is 0 Å². The highest BCUT2D eigenvalue weighted by atomic mass is 32.2. The van der Waals surface area contributed by atoms with Crippen LogP contribution in [0.4, 0.5) is 0 Å². The molecule has 2 rings (SSSR count). The molecule has 2 aromatic rings. The van der Waals surface area contributed by atoms with E-state index in [2.05, 4.69) is 36.1 Å². The lowest BCUT2D eigenvalue weighted by atomic mass is 10.1. The molecule has 1 atom stereocenters. The van der Waals surface area contributed by atoms with Crippen LogP contribution in [0.5, 0.6) is 0 Å². The van der Waals surface area contributed by atoms with E-state index in [0.717, 1.165) is 24.4 Å². The monoisotopic (exact) mass is 291 g/mol. The van der Waals surface area contributed by atoms with Gasteiger partial charge < -0.3 is 10.3 Å². The first-order valence-electron chi connectivity index (χ1n) is 6.94. The molecule has 0 aliphatic rings. The van der Waals surface area contributed by atoms with E-state index in [1.807, 2.05) is 12.1 Å². The topological polar surface area (TPSA) is 64.9 Å². The van der Waals surface area contributed by atoms with Crippen molar-refractivity contribution in [3.05, 3.63) is 41.5 Å². The zero-order valence-electron chi connectivity index (χ0n) is 12.0. The fourth-order valence-electron chi connectivity index (χ4n) is 1.99. The molecule has 1 heterocycles. The van der Waals surface area contributed by atoms with Crippen LogP contribution in [0.15, 0.2) is 33.7 Å². The fraction of sp³-hybridized carbons (Fsp3) is 0.467. The van der Waals surface area contributed by atoms with Gasteiger partial charge in [-0.3, -0.25) is 0 Å². The van der Waals surface area contributed by atoms with Gasteiger partial charge in [-0.15, -0.1) is 11.8 Å². The van der Waals surface area contributed by atoms with Gasteiger partial charge in [-0.25, -0.2) is 0 Å². The van der Waals surface area contributed by atoms with Gasteiger partial charge in [-0.05, 0) is 25.0 Å². The Morgan fingerprint density at radius 3 is 2.90 bits per heavy atom. The van der Waals surface area contributed by atoms with E-state index in [-0.39, 0.29) is 6.04 Å². The Kier molecular flexibility index (Phi) is 5.61. The number of benzene rings is 1. The molecule has 1 aromatic carbocycles. The number of aryl methyl sites for hydroxylation is 1. The maximum atomic E-state index is 5.98.